The fourth-order valence-electron chi connectivity index (χ4n) is 3.65. The van der Waals surface area contributed by atoms with E-state index < -0.39 is 0 Å². The molecule has 0 saturated heterocycles. The zero-order valence-corrected chi connectivity index (χ0v) is 15.3. The van der Waals surface area contributed by atoms with E-state index in [1.165, 1.54) is 12.1 Å². The van der Waals surface area contributed by atoms with Crippen molar-refractivity contribution in [1.29, 1.82) is 0 Å². The van der Waals surface area contributed by atoms with E-state index in [9.17, 15) is 9.18 Å². The Balaban J connectivity index is 1.61. The Kier molecular flexibility index (Phi) is 4.44. The van der Waals surface area contributed by atoms with E-state index in [1.807, 2.05) is 26.0 Å². The Morgan fingerprint density at radius 3 is 2.44 bits per heavy atom. The van der Waals surface area contributed by atoms with E-state index in [-0.39, 0.29) is 17.5 Å². The highest BCUT2D eigenvalue weighted by Crippen LogP contribution is 2.32. The van der Waals surface area contributed by atoms with Crippen molar-refractivity contribution in [2.24, 2.45) is 0 Å². The van der Waals surface area contributed by atoms with Gasteiger partial charge in [-0.3, -0.25) is 4.79 Å². The van der Waals surface area contributed by atoms with Crippen molar-refractivity contribution in [3.63, 3.8) is 0 Å². The number of ketones is 1. The number of hydrogen-bond donors (Lipinski definition) is 1. The van der Waals surface area contributed by atoms with Crippen LogP contribution in [0.15, 0.2) is 48.7 Å². The van der Waals surface area contributed by atoms with Crippen molar-refractivity contribution >= 4 is 17.4 Å². The second kappa shape index (κ2) is 6.91. The van der Waals surface area contributed by atoms with Gasteiger partial charge < -0.3 is 5.32 Å². The molecule has 5 heteroatoms. The fourth-order valence-corrected chi connectivity index (χ4v) is 3.65. The number of anilines is 2. The summed E-state index contributed by atoms with van der Waals surface area (Å²) in [5, 5.41) is 3.23. The number of rotatable bonds is 3. The van der Waals surface area contributed by atoms with Crippen LogP contribution in [0.2, 0.25) is 0 Å². The zero-order valence-electron chi connectivity index (χ0n) is 15.3. The van der Waals surface area contributed by atoms with Gasteiger partial charge in [-0.2, -0.15) is 0 Å². The van der Waals surface area contributed by atoms with Crippen LogP contribution in [0.25, 0.3) is 0 Å². The molecule has 27 heavy (non-hydrogen) atoms. The second-order valence-electron chi connectivity index (χ2n) is 7.14. The fraction of sp³-hybridized carbons (Fsp3) is 0.227. The number of nitrogens with zero attached hydrogens (tertiary/aromatic N) is 2. The molecule has 136 valence electrons. The molecule has 1 aliphatic rings. The lowest BCUT2D eigenvalue weighted by Gasteiger charge is -2.23. The number of nitrogens with one attached hydrogen (secondary N) is 1. The first kappa shape index (κ1) is 17.3. The number of aryl methyl sites for hydroxylation is 2. The molecule has 1 aliphatic carbocycles. The van der Waals surface area contributed by atoms with Crippen LogP contribution in [0.3, 0.4) is 0 Å². The lowest BCUT2D eigenvalue weighted by atomic mass is 9.82. The smallest absolute Gasteiger partial charge is 0.227 e. The summed E-state index contributed by atoms with van der Waals surface area (Å²) >= 11 is 0. The van der Waals surface area contributed by atoms with Crippen molar-refractivity contribution in [1.82, 2.24) is 9.97 Å². The van der Waals surface area contributed by atoms with Crippen LogP contribution in [0.1, 0.15) is 45.1 Å². The topological polar surface area (TPSA) is 54.9 Å². The van der Waals surface area contributed by atoms with Crippen LogP contribution >= 0.6 is 0 Å². The van der Waals surface area contributed by atoms with Gasteiger partial charge in [-0.1, -0.05) is 18.2 Å². The maximum atomic E-state index is 13.2. The van der Waals surface area contributed by atoms with Crippen LogP contribution < -0.4 is 5.32 Å². The van der Waals surface area contributed by atoms with E-state index in [0.717, 1.165) is 28.1 Å². The highest BCUT2D eigenvalue weighted by molar-refractivity contribution is 5.98. The summed E-state index contributed by atoms with van der Waals surface area (Å²) in [6.07, 6.45) is 2.64. The minimum absolute atomic E-state index is 0.00886. The molecule has 0 spiro atoms. The Bertz CT molecular complexity index is 994. The largest absolute Gasteiger partial charge is 0.324 e. The van der Waals surface area contributed by atoms with Crippen molar-refractivity contribution in [3.8, 4) is 0 Å². The maximum absolute atomic E-state index is 13.2. The lowest BCUT2D eigenvalue weighted by Crippen LogP contribution is -2.21. The summed E-state index contributed by atoms with van der Waals surface area (Å²) < 4.78 is 13.2. The Labute approximate surface area is 157 Å². The molecule has 2 aromatic carbocycles. The van der Waals surface area contributed by atoms with Gasteiger partial charge in [-0.15, -0.1) is 0 Å². The second-order valence-corrected chi connectivity index (χ2v) is 7.14. The summed E-state index contributed by atoms with van der Waals surface area (Å²) in [5.74, 6) is 0.243. The molecular weight excluding hydrogens is 341 g/mol. The van der Waals surface area contributed by atoms with Crippen molar-refractivity contribution in [3.05, 3.63) is 82.4 Å². The van der Waals surface area contributed by atoms with Gasteiger partial charge in [0.05, 0.1) is 11.3 Å². The van der Waals surface area contributed by atoms with Crippen LogP contribution in [-0.2, 0) is 6.42 Å². The number of halogens is 1. The minimum atomic E-state index is -0.274. The predicted octanol–water partition coefficient (Wildman–Crippen LogP) is 4.89. The molecule has 4 rings (SSSR count). The Hall–Kier alpha value is -3.08. The van der Waals surface area contributed by atoms with Gasteiger partial charge in [0.25, 0.3) is 0 Å². The number of carbonyl (C=O) groups is 1. The number of carbonyl (C=O) groups excluding carboxylic acids is 1. The summed E-state index contributed by atoms with van der Waals surface area (Å²) in [6.45, 7) is 4.08. The van der Waals surface area contributed by atoms with Gasteiger partial charge in [0, 0.05) is 18.3 Å². The van der Waals surface area contributed by atoms with Gasteiger partial charge in [-0.05, 0) is 67.1 Å². The molecule has 0 radical (unpaired) electrons. The van der Waals surface area contributed by atoms with Gasteiger partial charge in [0.15, 0.2) is 5.78 Å². The van der Waals surface area contributed by atoms with Crippen LogP contribution in [-0.4, -0.2) is 15.8 Å². The summed E-state index contributed by atoms with van der Waals surface area (Å²) in [6, 6.07) is 12.5. The SMILES string of the molecule is Cc1cc(C)cc(Nc2ncc3c(n2)C[C@@H](c2ccc(F)cc2)CC3=O)c1. The molecule has 0 bridgehead atoms. The third-order valence-corrected chi connectivity index (χ3v) is 4.86. The summed E-state index contributed by atoms with van der Waals surface area (Å²) in [4.78, 5) is 21.4. The van der Waals surface area contributed by atoms with E-state index in [0.29, 0.717) is 24.4 Å². The first-order valence-electron chi connectivity index (χ1n) is 8.98. The van der Waals surface area contributed by atoms with Gasteiger partial charge in [-0.25, -0.2) is 14.4 Å². The average molecular weight is 361 g/mol. The van der Waals surface area contributed by atoms with Crippen molar-refractivity contribution < 1.29 is 9.18 Å². The number of Topliss-reactive ketones (excluding diaryl/α,β-unsaturated/α-hetero) is 1. The number of fused-ring (bicyclic) bond motifs is 1. The number of aromatic nitrogens is 2. The molecular formula is C22H20FN3O. The third kappa shape index (κ3) is 3.72. The minimum Gasteiger partial charge on any atom is -0.324 e. The van der Waals surface area contributed by atoms with Gasteiger partial charge >= 0.3 is 0 Å². The summed E-state index contributed by atoms with van der Waals surface area (Å²) in [7, 11) is 0. The predicted molar refractivity (Wildman–Crippen MR) is 103 cm³/mol. The molecule has 1 heterocycles. The molecule has 1 N–H and O–H groups in total. The Morgan fingerprint density at radius 1 is 1.04 bits per heavy atom. The van der Waals surface area contributed by atoms with E-state index >= 15 is 0 Å². The van der Waals surface area contributed by atoms with Crippen LogP contribution in [0, 0.1) is 19.7 Å². The van der Waals surface area contributed by atoms with E-state index in [1.54, 1.807) is 18.3 Å². The zero-order chi connectivity index (χ0) is 19.0. The quantitative estimate of drug-likeness (QED) is 0.722. The third-order valence-electron chi connectivity index (χ3n) is 4.86. The molecule has 4 nitrogen and oxygen atoms in total. The first-order chi connectivity index (χ1) is 13.0. The lowest BCUT2D eigenvalue weighted by molar-refractivity contribution is 0.0962. The molecule has 0 amide bonds. The molecule has 0 aliphatic heterocycles. The van der Waals surface area contributed by atoms with Crippen LogP contribution in [0.4, 0.5) is 16.0 Å². The average Bonchev–Trinajstić information content (AvgIpc) is 2.61. The standard InChI is InChI=1S/C22H20FN3O/c1-13-7-14(2)9-18(8-13)25-22-24-12-19-20(26-22)10-16(11-21(19)27)15-3-5-17(23)6-4-15/h3-9,12,16H,10-11H2,1-2H3,(H,24,25,26)/t16-/m1/s1. The highest BCUT2D eigenvalue weighted by atomic mass is 19.1. The van der Waals surface area contributed by atoms with E-state index in [2.05, 4.69) is 21.4 Å². The first-order valence-corrected chi connectivity index (χ1v) is 8.98. The normalized spacial score (nSPS) is 16.1. The maximum Gasteiger partial charge on any atom is 0.227 e. The van der Waals surface area contributed by atoms with E-state index in [4.69, 9.17) is 0 Å². The summed E-state index contributed by atoms with van der Waals surface area (Å²) in [5.41, 5.74) is 5.51. The van der Waals surface area contributed by atoms with Crippen LogP contribution in [0.5, 0.6) is 0 Å². The van der Waals surface area contributed by atoms with Crippen molar-refractivity contribution in [2.45, 2.75) is 32.6 Å². The molecule has 0 fully saturated rings. The molecule has 0 unspecified atom stereocenters. The molecule has 3 aromatic rings. The highest BCUT2D eigenvalue weighted by Gasteiger charge is 2.28. The Morgan fingerprint density at radius 2 is 1.74 bits per heavy atom. The number of hydrogen-bond acceptors (Lipinski definition) is 4. The van der Waals surface area contributed by atoms with Crippen molar-refractivity contribution in [2.75, 3.05) is 5.32 Å². The number of benzene rings is 2. The van der Waals surface area contributed by atoms with Gasteiger partial charge in [0.1, 0.15) is 5.82 Å². The molecule has 0 saturated carbocycles. The molecule has 1 aromatic heterocycles. The molecule has 1 atom stereocenters. The monoisotopic (exact) mass is 361 g/mol. The van der Waals surface area contributed by atoms with Gasteiger partial charge in [0.2, 0.25) is 5.95 Å².